The highest BCUT2D eigenvalue weighted by Gasteiger charge is 2.27. The van der Waals surface area contributed by atoms with Crippen molar-refractivity contribution in [2.24, 2.45) is 0 Å². The Morgan fingerprint density at radius 3 is 2.83 bits per heavy atom. The Labute approximate surface area is 173 Å². The van der Waals surface area contributed by atoms with Crippen LogP contribution >= 0.6 is 11.6 Å². The summed E-state index contributed by atoms with van der Waals surface area (Å²) in [5, 5.41) is 9.79. The molecule has 5 rings (SSSR count). The van der Waals surface area contributed by atoms with Crippen LogP contribution in [-0.2, 0) is 13.1 Å². The molecule has 1 aromatic carbocycles. The first-order valence-electron chi connectivity index (χ1n) is 9.81. The lowest BCUT2D eigenvalue weighted by atomic mass is 9.87. The van der Waals surface area contributed by atoms with E-state index in [1.807, 2.05) is 12.1 Å². The van der Waals surface area contributed by atoms with Crippen LogP contribution in [0.15, 0.2) is 42.6 Å². The average Bonchev–Trinajstić information content (AvgIpc) is 3.05. The predicted octanol–water partition coefficient (Wildman–Crippen LogP) is 4.81. The van der Waals surface area contributed by atoms with Crippen LogP contribution in [-0.4, -0.2) is 26.8 Å². The molecule has 1 aliphatic heterocycles. The van der Waals surface area contributed by atoms with Gasteiger partial charge in [0.05, 0.1) is 18.8 Å². The van der Waals surface area contributed by atoms with Crippen molar-refractivity contribution in [1.82, 2.24) is 19.7 Å². The molecule has 1 atom stereocenters. The first-order chi connectivity index (χ1) is 14.1. The maximum atomic E-state index is 13.5. The van der Waals surface area contributed by atoms with Crippen molar-refractivity contribution < 1.29 is 4.39 Å². The van der Waals surface area contributed by atoms with Crippen LogP contribution in [0, 0.1) is 5.82 Å². The lowest BCUT2D eigenvalue weighted by Crippen LogP contribution is -2.17. The molecule has 0 spiro atoms. The fourth-order valence-corrected chi connectivity index (χ4v) is 4.48. The van der Waals surface area contributed by atoms with Crippen molar-refractivity contribution >= 4 is 22.9 Å². The maximum absolute atomic E-state index is 13.5. The molecule has 2 aromatic heterocycles. The smallest absolute Gasteiger partial charge is 0.152 e. The topological polar surface area (TPSA) is 46.8 Å². The summed E-state index contributed by atoms with van der Waals surface area (Å²) in [4.78, 5) is 6.49. The summed E-state index contributed by atoms with van der Waals surface area (Å²) in [6, 6.07) is 8.92. The van der Waals surface area contributed by atoms with Crippen LogP contribution in [0.1, 0.15) is 48.1 Å². The first kappa shape index (κ1) is 18.3. The number of pyridine rings is 1. The third-order valence-electron chi connectivity index (χ3n) is 5.85. The van der Waals surface area contributed by atoms with Crippen LogP contribution in [0.5, 0.6) is 0 Å². The number of hydrogen-bond acceptors (Lipinski definition) is 4. The number of allylic oxidation sites excluding steroid dienone is 2. The number of benzene rings is 1. The number of anilines is 1. The lowest BCUT2D eigenvalue weighted by Gasteiger charge is -2.22. The highest BCUT2D eigenvalue weighted by atomic mass is 35.5. The van der Waals surface area contributed by atoms with E-state index in [0.717, 1.165) is 59.4 Å². The van der Waals surface area contributed by atoms with Gasteiger partial charge < -0.3 is 9.47 Å². The molecule has 0 bridgehead atoms. The number of rotatable bonds is 2. The molecule has 148 valence electrons. The molecule has 0 saturated heterocycles. The Morgan fingerprint density at radius 2 is 2.03 bits per heavy atom. The zero-order valence-corrected chi connectivity index (χ0v) is 16.9. The molecule has 7 heteroatoms. The van der Waals surface area contributed by atoms with Gasteiger partial charge in [0.25, 0.3) is 0 Å². The predicted molar refractivity (Wildman–Crippen MR) is 111 cm³/mol. The zero-order valence-electron chi connectivity index (χ0n) is 16.1. The zero-order chi connectivity index (χ0) is 20.0. The van der Waals surface area contributed by atoms with Crippen LogP contribution in [0.2, 0.25) is 5.02 Å². The summed E-state index contributed by atoms with van der Waals surface area (Å²) in [5.41, 5.74) is 4.19. The third kappa shape index (κ3) is 3.42. The summed E-state index contributed by atoms with van der Waals surface area (Å²) in [5.74, 6) is 2.05. The number of aromatic nitrogens is 4. The highest BCUT2D eigenvalue weighted by molar-refractivity contribution is 6.30. The Balaban J connectivity index is 1.43. The highest BCUT2D eigenvalue weighted by Crippen LogP contribution is 2.37. The fourth-order valence-electron chi connectivity index (χ4n) is 4.32. The molecule has 0 unspecified atom stereocenters. The van der Waals surface area contributed by atoms with E-state index in [-0.39, 0.29) is 5.82 Å². The van der Waals surface area contributed by atoms with Crippen molar-refractivity contribution in [1.29, 1.82) is 0 Å². The molecule has 2 aliphatic rings. The van der Waals surface area contributed by atoms with E-state index in [9.17, 15) is 4.39 Å². The van der Waals surface area contributed by atoms with Crippen molar-refractivity contribution in [3.05, 3.63) is 76.4 Å². The molecule has 5 nitrogen and oxygen atoms in total. The molecule has 0 saturated carbocycles. The van der Waals surface area contributed by atoms with Gasteiger partial charge in [-0.2, -0.15) is 0 Å². The van der Waals surface area contributed by atoms with Crippen molar-refractivity contribution in [3.63, 3.8) is 0 Å². The van der Waals surface area contributed by atoms with Crippen molar-refractivity contribution in [2.45, 2.75) is 38.3 Å². The summed E-state index contributed by atoms with van der Waals surface area (Å²) in [6.45, 7) is 1.44. The second-order valence-corrected chi connectivity index (χ2v) is 8.19. The van der Waals surface area contributed by atoms with Gasteiger partial charge >= 0.3 is 0 Å². The van der Waals surface area contributed by atoms with Gasteiger partial charge in [0.15, 0.2) is 5.82 Å². The molecule has 3 aromatic rings. The summed E-state index contributed by atoms with van der Waals surface area (Å²) in [7, 11) is 2.06. The van der Waals surface area contributed by atoms with Crippen LogP contribution in [0.3, 0.4) is 0 Å². The van der Waals surface area contributed by atoms with Gasteiger partial charge in [-0.1, -0.05) is 23.7 Å². The van der Waals surface area contributed by atoms with Crippen LogP contribution in [0.4, 0.5) is 10.1 Å². The minimum absolute atomic E-state index is 0.247. The molecular weight excluding hydrogens is 389 g/mol. The van der Waals surface area contributed by atoms with E-state index in [0.29, 0.717) is 12.5 Å². The van der Waals surface area contributed by atoms with Crippen molar-refractivity contribution in [3.8, 4) is 0 Å². The molecule has 29 heavy (non-hydrogen) atoms. The quantitative estimate of drug-likeness (QED) is 0.609. The molecule has 0 amide bonds. The van der Waals surface area contributed by atoms with E-state index < -0.39 is 0 Å². The number of fused-ring (bicyclic) bond motifs is 2. The van der Waals surface area contributed by atoms with Crippen molar-refractivity contribution in [2.75, 3.05) is 11.9 Å². The normalized spacial score (nSPS) is 18.7. The molecular formula is C22H21ClFN5. The largest absolute Gasteiger partial charge is 0.367 e. The number of halogens is 2. The van der Waals surface area contributed by atoms with Gasteiger partial charge in [0.1, 0.15) is 11.6 Å². The van der Waals surface area contributed by atoms with Crippen LogP contribution < -0.4 is 4.90 Å². The Bertz CT molecular complexity index is 1110. The third-order valence-corrected chi connectivity index (χ3v) is 6.08. The standard InChI is InChI=1S/C22H21ClFN5/c1-28-13-21-26-27-22(29(21)12-16-6-7-17(23)10-20(16)28)15-4-2-14(3-5-15)19-11-18(24)8-9-25-19/h2,6-11,15H,3-5,12-13H2,1H3/t15-/m1/s1. The molecule has 3 heterocycles. The Hall–Kier alpha value is -2.73. The van der Waals surface area contributed by atoms with Crippen LogP contribution in [0.25, 0.3) is 5.57 Å². The lowest BCUT2D eigenvalue weighted by molar-refractivity contribution is 0.550. The van der Waals surface area contributed by atoms with Gasteiger partial charge in [-0.05, 0) is 54.7 Å². The van der Waals surface area contributed by atoms with E-state index in [1.54, 1.807) is 0 Å². The fraction of sp³-hybridized carbons (Fsp3) is 0.318. The molecule has 0 fully saturated rings. The second kappa shape index (κ2) is 7.26. The van der Waals surface area contributed by atoms with E-state index in [2.05, 4.69) is 43.8 Å². The Kier molecular flexibility index (Phi) is 4.59. The molecule has 0 N–H and O–H groups in total. The first-order valence-corrected chi connectivity index (χ1v) is 10.2. The summed E-state index contributed by atoms with van der Waals surface area (Å²) >= 11 is 6.21. The molecule has 1 aliphatic carbocycles. The van der Waals surface area contributed by atoms with Gasteiger partial charge in [-0.15, -0.1) is 10.2 Å². The van der Waals surface area contributed by atoms with Gasteiger partial charge in [0.2, 0.25) is 0 Å². The summed E-state index contributed by atoms with van der Waals surface area (Å²) < 4.78 is 15.8. The minimum atomic E-state index is -0.247. The van der Waals surface area contributed by atoms with Gasteiger partial charge in [-0.3, -0.25) is 4.98 Å². The number of nitrogens with zero attached hydrogens (tertiary/aromatic N) is 5. The maximum Gasteiger partial charge on any atom is 0.152 e. The van der Waals surface area contributed by atoms with Gasteiger partial charge in [0, 0.05) is 29.9 Å². The average molecular weight is 410 g/mol. The van der Waals surface area contributed by atoms with E-state index >= 15 is 0 Å². The number of hydrogen-bond donors (Lipinski definition) is 0. The van der Waals surface area contributed by atoms with Gasteiger partial charge in [-0.25, -0.2) is 4.39 Å². The summed E-state index contributed by atoms with van der Waals surface area (Å²) in [6.07, 6.45) is 6.36. The van der Waals surface area contributed by atoms with E-state index in [1.165, 1.54) is 23.9 Å². The SMILES string of the molecule is CN1Cc2nnc([C@@H]3CC=C(c4cc(F)ccn4)CC3)n2Cc2ccc(Cl)cc21. The molecule has 0 radical (unpaired) electrons. The van der Waals surface area contributed by atoms with E-state index in [4.69, 9.17) is 11.6 Å². The second-order valence-electron chi connectivity index (χ2n) is 7.75. The Morgan fingerprint density at radius 1 is 1.14 bits per heavy atom. The monoisotopic (exact) mass is 409 g/mol. The minimum Gasteiger partial charge on any atom is -0.367 e.